The number of aliphatic imine (C=N–C) groups is 2. The molecule has 9 aromatic rings. The molecule has 260 valence electrons. The molecule has 1 N–H and O–H groups in total. The molecule has 1 aliphatic heterocycles. The van der Waals surface area contributed by atoms with Crippen LogP contribution in [0.4, 0.5) is 0 Å². The van der Waals surface area contributed by atoms with Crippen LogP contribution in [-0.4, -0.2) is 11.7 Å². The molecule has 2 aliphatic carbocycles. The van der Waals surface area contributed by atoms with Crippen LogP contribution in [0.5, 0.6) is 0 Å². The topological polar surface area (TPSA) is 49.9 Å². The van der Waals surface area contributed by atoms with Crippen molar-refractivity contribution in [1.82, 2.24) is 5.32 Å². The van der Waals surface area contributed by atoms with Crippen molar-refractivity contribution in [2.75, 3.05) is 0 Å². The largest absolute Gasteiger partial charge is 0.456 e. The highest BCUT2D eigenvalue weighted by Gasteiger charge is 2.37. The van der Waals surface area contributed by atoms with Crippen molar-refractivity contribution in [2.45, 2.75) is 24.9 Å². The van der Waals surface area contributed by atoms with Crippen molar-refractivity contribution >= 4 is 71.2 Å². The zero-order chi connectivity index (χ0) is 36.0. The number of hydrogen-bond donors (Lipinski definition) is 1. The van der Waals surface area contributed by atoms with Crippen LogP contribution < -0.4 is 5.32 Å². The molecule has 0 saturated carbocycles. The van der Waals surface area contributed by atoms with Gasteiger partial charge in [0, 0.05) is 53.6 Å². The van der Waals surface area contributed by atoms with Crippen LogP contribution in [0.1, 0.15) is 63.0 Å². The molecule has 3 aliphatic rings. The minimum Gasteiger partial charge on any atom is -0.456 e. The number of hydrogen-bond acceptors (Lipinski definition) is 5. The van der Waals surface area contributed by atoms with E-state index in [1.807, 2.05) is 47.7 Å². The van der Waals surface area contributed by atoms with Gasteiger partial charge in [0.15, 0.2) is 5.84 Å². The molecule has 0 radical (unpaired) electrons. The van der Waals surface area contributed by atoms with Gasteiger partial charge in [-0.05, 0) is 70.0 Å². The third-order valence-electron chi connectivity index (χ3n) is 11.7. The van der Waals surface area contributed by atoms with E-state index in [1.165, 1.54) is 59.1 Å². The number of furan rings is 1. The highest BCUT2D eigenvalue weighted by molar-refractivity contribution is 7.26. The van der Waals surface area contributed by atoms with E-state index in [9.17, 15) is 0 Å². The van der Waals surface area contributed by atoms with E-state index in [0.717, 1.165) is 57.3 Å². The Morgan fingerprint density at radius 1 is 0.673 bits per heavy atom. The highest BCUT2D eigenvalue weighted by atomic mass is 32.1. The number of fused-ring (bicyclic) bond motifs is 13. The molecule has 0 amide bonds. The molecule has 0 saturated heterocycles. The fraction of sp³-hybridized carbons (Fsp3) is 0.0800. The molecular formula is C50H33N3OS. The Kier molecular flexibility index (Phi) is 6.72. The summed E-state index contributed by atoms with van der Waals surface area (Å²) in [6, 6.07) is 51.8. The predicted octanol–water partition coefficient (Wildman–Crippen LogP) is 12.6. The zero-order valence-corrected chi connectivity index (χ0v) is 30.6. The average molecular weight is 724 g/mol. The van der Waals surface area contributed by atoms with Crippen molar-refractivity contribution in [1.29, 1.82) is 0 Å². The van der Waals surface area contributed by atoms with Gasteiger partial charge in [-0.1, -0.05) is 140 Å². The molecule has 55 heavy (non-hydrogen) atoms. The molecule has 0 fully saturated rings. The summed E-state index contributed by atoms with van der Waals surface area (Å²) in [7, 11) is 0. The summed E-state index contributed by atoms with van der Waals surface area (Å²) in [5.74, 6) is 1.60. The van der Waals surface area contributed by atoms with Crippen LogP contribution in [-0.2, 0) is 6.42 Å². The fourth-order valence-electron chi connectivity index (χ4n) is 9.34. The van der Waals surface area contributed by atoms with Crippen LogP contribution in [0, 0.1) is 0 Å². The Hall–Kier alpha value is -6.56. The van der Waals surface area contributed by atoms with Crippen molar-refractivity contribution in [3.05, 3.63) is 196 Å². The summed E-state index contributed by atoms with van der Waals surface area (Å²) in [5, 5.41) is 8.61. The first-order valence-corrected chi connectivity index (χ1v) is 19.8. The van der Waals surface area contributed by atoms with Gasteiger partial charge in [0.1, 0.15) is 23.2 Å². The fourth-order valence-corrected chi connectivity index (χ4v) is 10.6. The molecule has 7 aromatic carbocycles. The quantitative estimate of drug-likeness (QED) is 0.197. The summed E-state index contributed by atoms with van der Waals surface area (Å²) in [5.41, 5.74) is 14.6. The normalized spacial score (nSPS) is 17.2. The number of benzene rings is 7. The van der Waals surface area contributed by atoms with Gasteiger partial charge in [0.05, 0.1) is 0 Å². The zero-order valence-electron chi connectivity index (χ0n) is 29.8. The van der Waals surface area contributed by atoms with Crippen molar-refractivity contribution in [2.24, 2.45) is 9.98 Å². The molecular weight excluding hydrogens is 691 g/mol. The Morgan fingerprint density at radius 3 is 2.35 bits per heavy atom. The predicted molar refractivity (Wildman–Crippen MR) is 229 cm³/mol. The van der Waals surface area contributed by atoms with Crippen molar-refractivity contribution in [3.8, 4) is 11.1 Å². The van der Waals surface area contributed by atoms with E-state index in [0.29, 0.717) is 5.84 Å². The minimum atomic E-state index is -0.359. The first kappa shape index (κ1) is 30.9. The number of rotatable bonds is 4. The van der Waals surface area contributed by atoms with Gasteiger partial charge in [-0.2, -0.15) is 0 Å². The lowest BCUT2D eigenvalue weighted by Crippen LogP contribution is -2.33. The van der Waals surface area contributed by atoms with E-state index in [-0.39, 0.29) is 12.1 Å². The molecule has 0 spiro atoms. The van der Waals surface area contributed by atoms with Crippen LogP contribution >= 0.6 is 11.3 Å². The molecule has 2 unspecified atom stereocenters. The maximum atomic E-state index is 6.80. The summed E-state index contributed by atoms with van der Waals surface area (Å²) < 4.78 is 9.54. The number of amidine groups is 2. The SMILES string of the molecule is C1=Cc2c(c3c(c4sc5ccccc5c24)C(c2ccc4c(c2)oc2cccc(C5N=C(c6ccccc6)N=C(c6ccccc6)N5)c24)c2ccccc2-3)CC1. The van der Waals surface area contributed by atoms with E-state index in [1.54, 1.807) is 0 Å². The van der Waals surface area contributed by atoms with E-state index >= 15 is 0 Å². The second-order valence-electron chi connectivity index (χ2n) is 14.7. The third kappa shape index (κ3) is 4.63. The first-order chi connectivity index (χ1) is 27.3. The Labute approximate surface area is 321 Å². The molecule has 2 atom stereocenters. The molecule has 3 heterocycles. The second-order valence-corrected chi connectivity index (χ2v) is 15.8. The summed E-state index contributed by atoms with van der Waals surface area (Å²) in [6.45, 7) is 0. The van der Waals surface area contributed by atoms with Gasteiger partial charge < -0.3 is 9.73 Å². The number of nitrogens with zero attached hydrogens (tertiary/aromatic N) is 2. The average Bonchev–Trinajstić information content (AvgIpc) is 3.94. The number of thiophene rings is 1. The Bertz CT molecular complexity index is 3130. The lowest BCUT2D eigenvalue weighted by atomic mass is 9.83. The van der Waals surface area contributed by atoms with Gasteiger partial charge in [-0.15, -0.1) is 11.3 Å². The van der Waals surface area contributed by atoms with Crippen molar-refractivity contribution < 1.29 is 4.42 Å². The minimum absolute atomic E-state index is 0.0951. The molecule has 4 nitrogen and oxygen atoms in total. The van der Waals surface area contributed by atoms with Gasteiger partial charge in [-0.3, -0.25) is 0 Å². The second kappa shape index (κ2) is 12.0. The van der Waals surface area contributed by atoms with E-state index in [2.05, 4.69) is 127 Å². The molecule has 12 rings (SSSR count). The standard InChI is InChI=1S/C50H33N3OS/c1-3-14-29(15-4-1)48-51-49(30-16-5-2-6-17-30)53-50(52-48)38-23-13-24-39-43(38)36-27-26-31(28-40(36)54-39)42-32-18-7-8-19-33(32)44-34-20-9-10-21-35(34)45-37-22-11-12-25-41(37)55-47(45)46(42)44/h1-8,10-19,21-28,42,50H,9,20H2,(H,51,52,53). The maximum absolute atomic E-state index is 6.80. The van der Waals surface area contributed by atoms with E-state index < -0.39 is 0 Å². The van der Waals surface area contributed by atoms with E-state index in [4.69, 9.17) is 14.4 Å². The van der Waals surface area contributed by atoms with Gasteiger partial charge >= 0.3 is 0 Å². The Morgan fingerprint density at radius 2 is 1.45 bits per heavy atom. The van der Waals surface area contributed by atoms with Gasteiger partial charge in [0.25, 0.3) is 0 Å². The number of allylic oxidation sites excluding steroid dienone is 1. The maximum Gasteiger partial charge on any atom is 0.159 e. The van der Waals surface area contributed by atoms with Gasteiger partial charge in [0.2, 0.25) is 0 Å². The van der Waals surface area contributed by atoms with Crippen LogP contribution in [0.3, 0.4) is 0 Å². The first-order valence-electron chi connectivity index (χ1n) is 19.0. The smallest absolute Gasteiger partial charge is 0.159 e. The summed E-state index contributed by atoms with van der Waals surface area (Å²) >= 11 is 1.94. The van der Waals surface area contributed by atoms with Crippen LogP contribution in [0.25, 0.3) is 59.3 Å². The lowest BCUT2D eigenvalue weighted by Gasteiger charge is -2.24. The Balaban J connectivity index is 1.04. The lowest BCUT2D eigenvalue weighted by molar-refractivity contribution is 0.661. The summed E-state index contributed by atoms with van der Waals surface area (Å²) in [6.07, 6.45) is 6.51. The van der Waals surface area contributed by atoms with Crippen molar-refractivity contribution in [3.63, 3.8) is 0 Å². The third-order valence-corrected chi connectivity index (χ3v) is 12.9. The highest BCUT2D eigenvalue weighted by Crippen LogP contribution is 2.57. The van der Waals surface area contributed by atoms with Gasteiger partial charge in [-0.25, -0.2) is 9.98 Å². The summed E-state index contributed by atoms with van der Waals surface area (Å²) in [4.78, 5) is 10.2. The van der Waals surface area contributed by atoms with Crippen LogP contribution in [0.2, 0.25) is 0 Å². The van der Waals surface area contributed by atoms with Crippen LogP contribution in [0.15, 0.2) is 166 Å². The molecule has 5 heteroatoms. The number of nitrogens with one attached hydrogen (secondary N) is 1. The molecule has 0 bridgehead atoms. The monoisotopic (exact) mass is 723 g/mol. The molecule has 2 aromatic heterocycles.